The first kappa shape index (κ1) is 27.7. The van der Waals surface area contributed by atoms with Gasteiger partial charge in [-0.2, -0.15) is 0 Å². The van der Waals surface area contributed by atoms with Gasteiger partial charge in [-0.3, -0.25) is 4.99 Å². The Labute approximate surface area is 193 Å². The summed E-state index contributed by atoms with van der Waals surface area (Å²) in [5, 5.41) is 6.72. The molecule has 0 aliphatic carbocycles. The van der Waals surface area contributed by atoms with Gasteiger partial charge in [-0.05, 0) is 58.5 Å². The minimum Gasteiger partial charge on any atom is -0.493 e. The van der Waals surface area contributed by atoms with Gasteiger partial charge in [0.05, 0.1) is 26.8 Å². The summed E-state index contributed by atoms with van der Waals surface area (Å²) >= 11 is 0. The Hall–Kier alpha value is -1.26. The molecule has 1 aromatic carbocycles. The molecule has 8 heteroatoms. The molecule has 1 atom stereocenters. The summed E-state index contributed by atoms with van der Waals surface area (Å²) in [7, 11) is 7.42. The van der Waals surface area contributed by atoms with Gasteiger partial charge in [-0.1, -0.05) is 6.07 Å². The number of ether oxygens (including phenoxy) is 3. The van der Waals surface area contributed by atoms with E-state index in [4.69, 9.17) is 19.2 Å². The molecule has 7 nitrogen and oxygen atoms in total. The quantitative estimate of drug-likeness (QED) is 0.180. The van der Waals surface area contributed by atoms with E-state index in [0.717, 1.165) is 62.2 Å². The third kappa shape index (κ3) is 10.4. The average molecular weight is 522 g/mol. The molecule has 0 aliphatic rings. The van der Waals surface area contributed by atoms with E-state index in [2.05, 4.69) is 42.6 Å². The van der Waals surface area contributed by atoms with Gasteiger partial charge in [0.2, 0.25) is 0 Å². The van der Waals surface area contributed by atoms with E-state index in [1.165, 1.54) is 0 Å². The number of halogens is 1. The number of methoxy groups -OCH3 is 2. The van der Waals surface area contributed by atoms with Gasteiger partial charge >= 0.3 is 0 Å². The van der Waals surface area contributed by atoms with Gasteiger partial charge in [-0.25, -0.2) is 0 Å². The monoisotopic (exact) mass is 522 g/mol. The van der Waals surface area contributed by atoms with E-state index in [-0.39, 0.29) is 30.0 Å². The molecule has 0 heterocycles. The first-order valence-corrected chi connectivity index (χ1v) is 10.1. The second-order valence-electron chi connectivity index (χ2n) is 6.64. The van der Waals surface area contributed by atoms with E-state index >= 15 is 0 Å². The number of nitrogens with one attached hydrogen (secondary N) is 2. The van der Waals surface area contributed by atoms with Crippen molar-refractivity contribution < 1.29 is 14.2 Å². The highest BCUT2D eigenvalue weighted by atomic mass is 127. The highest BCUT2D eigenvalue weighted by Gasteiger charge is 2.16. The van der Waals surface area contributed by atoms with Crippen molar-refractivity contribution in [2.45, 2.75) is 32.7 Å². The van der Waals surface area contributed by atoms with Crippen molar-refractivity contribution in [1.29, 1.82) is 0 Å². The minimum atomic E-state index is 0. The average Bonchev–Trinajstić information content (AvgIpc) is 2.70. The van der Waals surface area contributed by atoms with Crippen LogP contribution in [0.15, 0.2) is 23.2 Å². The Morgan fingerprint density at radius 1 is 1.07 bits per heavy atom. The molecule has 1 unspecified atom stereocenters. The molecule has 2 N–H and O–H groups in total. The smallest absolute Gasteiger partial charge is 0.191 e. The van der Waals surface area contributed by atoms with Crippen LogP contribution in [0.5, 0.6) is 11.5 Å². The molecule has 0 saturated carbocycles. The third-order valence-electron chi connectivity index (χ3n) is 4.39. The molecule has 0 aromatic heterocycles. The number of unbranched alkanes of at least 4 members (excludes halogenated alkanes) is 1. The Balaban J connectivity index is 0.00000784. The maximum atomic E-state index is 5.45. The maximum absolute atomic E-state index is 5.45. The fraction of sp³-hybridized carbons (Fsp3) is 0.667. The molecule has 1 aromatic rings. The maximum Gasteiger partial charge on any atom is 0.191 e. The zero-order valence-corrected chi connectivity index (χ0v) is 21.1. The lowest BCUT2D eigenvalue weighted by Crippen LogP contribution is -2.38. The number of aliphatic imine (C=N–C) groups is 1. The van der Waals surface area contributed by atoms with Gasteiger partial charge in [0.1, 0.15) is 0 Å². The first-order chi connectivity index (χ1) is 13.6. The highest BCUT2D eigenvalue weighted by Crippen LogP contribution is 2.31. The van der Waals surface area contributed by atoms with Crippen molar-refractivity contribution in [2.75, 3.05) is 61.2 Å². The molecule has 0 radical (unpaired) electrons. The number of likely N-dealkylation sites (N-methyl/N-ethyl adjacent to an activating group) is 1. The lowest BCUT2D eigenvalue weighted by atomic mass is 10.1. The number of nitrogens with zero attached hydrogens (tertiary/aromatic N) is 2. The van der Waals surface area contributed by atoms with E-state index in [9.17, 15) is 0 Å². The summed E-state index contributed by atoms with van der Waals surface area (Å²) in [4.78, 5) is 6.96. The van der Waals surface area contributed by atoms with Crippen LogP contribution in [0.2, 0.25) is 0 Å². The second kappa shape index (κ2) is 16.5. The van der Waals surface area contributed by atoms with Gasteiger partial charge in [0.25, 0.3) is 0 Å². The van der Waals surface area contributed by atoms with E-state index in [0.29, 0.717) is 6.54 Å². The molecule has 0 amide bonds. The van der Waals surface area contributed by atoms with Gasteiger partial charge in [-0.15, -0.1) is 24.0 Å². The summed E-state index contributed by atoms with van der Waals surface area (Å²) < 4.78 is 16.2. The Kier molecular flexibility index (Phi) is 15.8. The predicted octanol–water partition coefficient (Wildman–Crippen LogP) is 3.30. The first-order valence-electron chi connectivity index (χ1n) is 10.1. The molecule has 0 fully saturated rings. The van der Waals surface area contributed by atoms with Crippen LogP contribution in [-0.4, -0.2) is 72.0 Å². The minimum absolute atomic E-state index is 0. The van der Waals surface area contributed by atoms with Crippen molar-refractivity contribution in [3.05, 3.63) is 23.8 Å². The molecule has 1 rings (SSSR count). The lowest BCUT2D eigenvalue weighted by molar-refractivity contribution is 0.143. The van der Waals surface area contributed by atoms with Crippen LogP contribution >= 0.6 is 24.0 Å². The Morgan fingerprint density at radius 2 is 1.79 bits per heavy atom. The summed E-state index contributed by atoms with van der Waals surface area (Å²) in [5.74, 6) is 2.30. The van der Waals surface area contributed by atoms with E-state index in [1.54, 1.807) is 14.2 Å². The molecular formula is C21H39IN4O3. The Morgan fingerprint density at radius 3 is 2.38 bits per heavy atom. The van der Waals surface area contributed by atoms with Crippen molar-refractivity contribution >= 4 is 29.9 Å². The van der Waals surface area contributed by atoms with Crippen LogP contribution in [-0.2, 0) is 4.74 Å². The largest absolute Gasteiger partial charge is 0.493 e. The molecular weight excluding hydrogens is 483 g/mol. The number of rotatable bonds is 13. The predicted molar refractivity (Wildman–Crippen MR) is 131 cm³/mol. The molecule has 29 heavy (non-hydrogen) atoms. The molecule has 0 saturated heterocycles. The number of guanidine groups is 1. The van der Waals surface area contributed by atoms with Crippen LogP contribution in [0.1, 0.15) is 38.3 Å². The summed E-state index contributed by atoms with van der Waals surface area (Å²) in [5.41, 5.74) is 1.14. The van der Waals surface area contributed by atoms with Crippen molar-refractivity contribution in [1.82, 2.24) is 15.5 Å². The van der Waals surface area contributed by atoms with Crippen LogP contribution in [0, 0.1) is 0 Å². The normalized spacial score (nSPS) is 12.3. The standard InChI is InChI=1S/C21H38N4O3.HI/c1-7-22-21(23-13-9-10-14-28-8-2)24-16-18(25(3)4)17-11-12-19(26-5)20(15-17)27-6;/h11-12,15,18H,7-10,13-14,16H2,1-6H3,(H2,22,23,24);1H. The summed E-state index contributed by atoms with van der Waals surface area (Å²) in [6.07, 6.45) is 2.10. The van der Waals surface area contributed by atoms with Gasteiger partial charge in [0, 0.05) is 26.3 Å². The lowest BCUT2D eigenvalue weighted by Gasteiger charge is -2.24. The highest BCUT2D eigenvalue weighted by molar-refractivity contribution is 14.0. The number of hydrogen-bond acceptors (Lipinski definition) is 5. The Bertz CT molecular complexity index is 585. The van der Waals surface area contributed by atoms with Gasteiger partial charge < -0.3 is 29.7 Å². The topological polar surface area (TPSA) is 67.4 Å². The number of benzene rings is 1. The van der Waals surface area contributed by atoms with E-state index < -0.39 is 0 Å². The van der Waals surface area contributed by atoms with Crippen LogP contribution in [0.3, 0.4) is 0 Å². The number of hydrogen-bond donors (Lipinski definition) is 2. The second-order valence-corrected chi connectivity index (χ2v) is 6.64. The van der Waals surface area contributed by atoms with Crippen LogP contribution < -0.4 is 20.1 Å². The molecule has 0 spiro atoms. The zero-order chi connectivity index (χ0) is 20.8. The fourth-order valence-electron chi connectivity index (χ4n) is 2.83. The molecule has 0 aliphatic heterocycles. The van der Waals surface area contributed by atoms with Crippen molar-refractivity contribution in [2.24, 2.45) is 4.99 Å². The summed E-state index contributed by atoms with van der Waals surface area (Å²) in [6, 6.07) is 6.16. The van der Waals surface area contributed by atoms with Gasteiger partial charge in [0.15, 0.2) is 17.5 Å². The SMILES string of the molecule is CCNC(=NCC(c1ccc(OC)c(OC)c1)N(C)C)NCCCCOCC.I. The summed E-state index contributed by atoms with van der Waals surface area (Å²) in [6.45, 7) is 8.03. The van der Waals surface area contributed by atoms with Crippen LogP contribution in [0.4, 0.5) is 0 Å². The van der Waals surface area contributed by atoms with Crippen molar-refractivity contribution in [3.8, 4) is 11.5 Å². The zero-order valence-electron chi connectivity index (χ0n) is 18.8. The molecule has 168 valence electrons. The third-order valence-corrected chi connectivity index (χ3v) is 4.39. The molecule has 0 bridgehead atoms. The van der Waals surface area contributed by atoms with E-state index in [1.807, 2.05) is 19.1 Å². The fourth-order valence-corrected chi connectivity index (χ4v) is 2.83. The van der Waals surface area contributed by atoms with Crippen LogP contribution in [0.25, 0.3) is 0 Å². The van der Waals surface area contributed by atoms with Crippen molar-refractivity contribution in [3.63, 3.8) is 0 Å².